The predicted molar refractivity (Wildman–Crippen MR) is 107 cm³/mol. The normalized spacial score (nSPS) is 11.3. The Labute approximate surface area is 161 Å². The number of hydrogen-bond acceptors (Lipinski definition) is 4. The molecule has 0 aliphatic carbocycles. The molecule has 0 saturated heterocycles. The molecule has 0 fully saturated rings. The van der Waals surface area contributed by atoms with Gasteiger partial charge in [0.05, 0.1) is 11.5 Å². The van der Waals surface area contributed by atoms with Gasteiger partial charge in [-0.05, 0) is 62.2 Å². The minimum atomic E-state index is -3.66. The molecular formula is C20H26N2O4S. The Morgan fingerprint density at radius 1 is 1.11 bits per heavy atom. The molecule has 0 heterocycles. The van der Waals surface area contributed by atoms with Gasteiger partial charge in [0.1, 0.15) is 5.75 Å². The van der Waals surface area contributed by atoms with Crippen LogP contribution in [-0.2, 0) is 14.8 Å². The number of carbonyl (C=O) groups is 1. The number of amides is 1. The number of rotatable bonds is 8. The minimum absolute atomic E-state index is 0.114. The van der Waals surface area contributed by atoms with Gasteiger partial charge in [-0.25, -0.2) is 13.1 Å². The summed E-state index contributed by atoms with van der Waals surface area (Å²) in [5, 5.41) is 0. The Bertz CT molecular complexity index is 893. The largest absolute Gasteiger partial charge is 0.494 e. The lowest BCUT2D eigenvalue weighted by atomic mass is 10.1. The van der Waals surface area contributed by atoms with Gasteiger partial charge in [0.2, 0.25) is 15.9 Å². The number of hydrogen-bond donors (Lipinski definition) is 1. The molecule has 6 nitrogen and oxygen atoms in total. The van der Waals surface area contributed by atoms with E-state index >= 15 is 0 Å². The first-order chi connectivity index (χ1) is 12.8. The zero-order valence-corrected chi connectivity index (χ0v) is 17.0. The molecule has 0 spiro atoms. The molecule has 27 heavy (non-hydrogen) atoms. The number of ether oxygens (including phenoxy) is 1. The molecule has 0 atom stereocenters. The number of nitrogens with zero attached hydrogens (tertiary/aromatic N) is 1. The molecule has 0 radical (unpaired) electrons. The first kappa shape index (κ1) is 20.9. The van der Waals surface area contributed by atoms with Crippen molar-refractivity contribution in [1.82, 2.24) is 4.72 Å². The zero-order chi connectivity index (χ0) is 20.0. The Morgan fingerprint density at radius 3 is 2.37 bits per heavy atom. The number of benzene rings is 2. The Balaban J connectivity index is 2.07. The number of nitrogens with one attached hydrogen (secondary N) is 1. The number of aryl methyl sites for hydroxylation is 1. The van der Waals surface area contributed by atoms with Crippen LogP contribution in [0.25, 0.3) is 0 Å². The SMILES string of the molecule is CCOc1ccc(S(=O)(=O)NCCN(C(C)=O)c2cccc(C)c2C)cc1. The van der Waals surface area contributed by atoms with Crippen molar-refractivity contribution < 1.29 is 17.9 Å². The van der Waals surface area contributed by atoms with E-state index in [-0.39, 0.29) is 23.9 Å². The summed E-state index contributed by atoms with van der Waals surface area (Å²) in [5.74, 6) is 0.484. The molecule has 0 bridgehead atoms. The maximum Gasteiger partial charge on any atom is 0.240 e. The fourth-order valence-corrected chi connectivity index (χ4v) is 3.75. The predicted octanol–water partition coefficient (Wildman–Crippen LogP) is 3.03. The highest BCUT2D eigenvalue weighted by Gasteiger charge is 2.17. The van der Waals surface area contributed by atoms with Crippen LogP contribution in [0.5, 0.6) is 5.75 Å². The second-order valence-electron chi connectivity index (χ2n) is 6.19. The van der Waals surface area contributed by atoms with E-state index in [0.717, 1.165) is 16.8 Å². The molecule has 7 heteroatoms. The number of anilines is 1. The van der Waals surface area contributed by atoms with Gasteiger partial charge >= 0.3 is 0 Å². The topological polar surface area (TPSA) is 75.7 Å². The molecule has 2 rings (SSSR count). The lowest BCUT2D eigenvalue weighted by Gasteiger charge is -2.24. The van der Waals surface area contributed by atoms with Crippen molar-refractivity contribution in [3.8, 4) is 5.75 Å². The molecule has 146 valence electrons. The summed E-state index contributed by atoms with van der Waals surface area (Å²) in [6, 6.07) is 12.0. The van der Waals surface area contributed by atoms with Crippen molar-refractivity contribution in [2.75, 3.05) is 24.6 Å². The van der Waals surface area contributed by atoms with Crippen molar-refractivity contribution in [2.45, 2.75) is 32.6 Å². The van der Waals surface area contributed by atoms with Gasteiger partial charge in [-0.3, -0.25) is 4.79 Å². The molecule has 2 aromatic rings. The summed E-state index contributed by atoms with van der Waals surface area (Å²) in [6.45, 7) is 8.14. The van der Waals surface area contributed by atoms with Gasteiger partial charge in [0.25, 0.3) is 0 Å². The summed E-state index contributed by atoms with van der Waals surface area (Å²) in [4.78, 5) is 13.8. The quantitative estimate of drug-likeness (QED) is 0.752. The van der Waals surface area contributed by atoms with Crippen molar-refractivity contribution >= 4 is 21.6 Å². The molecule has 2 aromatic carbocycles. The van der Waals surface area contributed by atoms with Gasteiger partial charge in [-0.2, -0.15) is 0 Å². The highest BCUT2D eigenvalue weighted by molar-refractivity contribution is 7.89. The van der Waals surface area contributed by atoms with Gasteiger partial charge in [0.15, 0.2) is 0 Å². The first-order valence-corrected chi connectivity index (χ1v) is 10.3. The van der Waals surface area contributed by atoms with Crippen LogP contribution in [0.1, 0.15) is 25.0 Å². The van der Waals surface area contributed by atoms with Crippen LogP contribution in [0.4, 0.5) is 5.69 Å². The van der Waals surface area contributed by atoms with Crippen molar-refractivity contribution in [1.29, 1.82) is 0 Å². The molecule has 0 aliphatic rings. The molecule has 0 aliphatic heterocycles. The van der Waals surface area contributed by atoms with Crippen molar-refractivity contribution in [3.05, 3.63) is 53.6 Å². The second kappa shape index (κ2) is 9.01. The lowest BCUT2D eigenvalue weighted by Crippen LogP contribution is -2.38. The Morgan fingerprint density at radius 2 is 1.78 bits per heavy atom. The summed E-state index contributed by atoms with van der Waals surface area (Å²) >= 11 is 0. The molecule has 0 saturated carbocycles. The maximum atomic E-state index is 12.5. The maximum absolute atomic E-state index is 12.5. The zero-order valence-electron chi connectivity index (χ0n) is 16.2. The molecule has 1 N–H and O–H groups in total. The summed E-state index contributed by atoms with van der Waals surface area (Å²) in [5.41, 5.74) is 2.87. The number of sulfonamides is 1. The van der Waals surface area contributed by atoms with Crippen molar-refractivity contribution in [2.24, 2.45) is 0 Å². The Hall–Kier alpha value is -2.38. The smallest absolute Gasteiger partial charge is 0.240 e. The van der Waals surface area contributed by atoms with E-state index in [1.54, 1.807) is 17.0 Å². The van der Waals surface area contributed by atoms with Crippen LogP contribution in [0.3, 0.4) is 0 Å². The summed E-state index contributed by atoms with van der Waals surface area (Å²) in [7, 11) is -3.66. The fourth-order valence-electron chi connectivity index (χ4n) is 2.73. The van der Waals surface area contributed by atoms with Gasteiger partial charge in [-0.15, -0.1) is 0 Å². The average Bonchev–Trinajstić information content (AvgIpc) is 2.62. The monoisotopic (exact) mass is 390 g/mol. The highest BCUT2D eigenvalue weighted by atomic mass is 32.2. The van der Waals surface area contributed by atoms with E-state index in [1.807, 2.05) is 39.0 Å². The molecule has 0 aromatic heterocycles. The van der Waals surface area contributed by atoms with E-state index in [9.17, 15) is 13.2 Å². The third-order valence-electron chi connectivity index (χ3n) is 4.32. The van der Waals surface area contributed by atoms with E-state index in [4.69, 9.17) is 4.74 Å². The second-order valence-corrected chi connectivity index (χ2v) is 7.96. The Kier molecular flexibility index (Phi) is 6.98. The van der Waals surface area contributed by atoms with E-state index < -0.39 is 10.0 Å². The molecular weight excluding hydrogens is 364 g/mol. The fraction of sp³-hybridized carbons (Fsp3) is 0.350. The minimum Gasteiger partial charge on any atom is -0.494 e. The van der Waals surface area contributed by atoms with Crippen LogP contribution >= 0.6 is 0 Å². The van der Waals surface area contributed by atoms with Gasteiger partial charge in [0, 0.05) is 25.7 Å². The van der Waals surface area contributed by atoms with Gasteiger partial charge < -0.3 is 9.64 Å². The van der Waals surface area contributed by atoms with Crippen LogP contribution < -0.4 is 14.4 Å². The first-order valence-electron chi connectivity index (χ1n) is 8.83. The van der Waals surface area contributed by atoms with Crippen LogP contribution in [0.15, 0.2) is 47.4 Å². The van der Waals surface area contributed by atoms with Crippen LogP contribution in [-0.4, -0.2) is 34.0 Å². The van der Waals surface area contributed by atoms with Crippen molar-refractivity contribution in [3.63, 3.8) is 0 Å². The van der Waals surface area contributed by atoms with Gasteiger partial charge in [-0.1, -0.05) is 12.1 Å². The average molecular weight is 391 g/mol. The highest BCUT2D eigenvalue weighted by Crippen LogP contribution is 2.23. The third-order valence-corrected chi connectivity index (χ3v) is 5.80. The summed E-state index contributed by atoms with van der Waals surface area (Å²) in [6.07, 6.45) is 0. The lowest BCUT2D eigenvalue weighted by molar-refractivity contribution is -0.116. The molecule has 1 amide bonds. The standard InChI is InChI=1S/C20H26N2O4S/c1-5-26-18-9-11-19(12-10-18)27(24,25)21-13-14-22(17(4)23)20-8-6-7-15(2)16(20)3/h6-12,21H,5,13-14H2,1-4H3. The summed E-state index contributed by atoms with van der Waals surface area (Å²) < 4.78 is 32.8. The third kappa shape index (κ3) is 5.30. The van der Waals surface area contributed by atoms with E-state index in [2.05, 4.69) is 4.72 Å². The number of carbonyl (C=O) groups excluding carboxylic acids is 1. The van der Waals surface area contributed by atoms with Crippen LogP contribution in [0, 0.1) is 13.8 Å². The van der Waals surface area contributed by atoms with E-state index in [1.165, 1.54) is 19.1 Å². The van der Waals surface area contributed by atoms with Crippen LogP contribution in [0.2, 0.25) is 0 Å². The molecule has 0 unspecified atom stereocenters. The van der Waals surface area contributed by atoms with E-state index in [0.29, 0.717) is 12.4 Å².